The molecule has 1 aliphatic heterocycles. The second kappa shape index (κ2) is 7.01. The molecule has 0 radical (unpaired) electrons. The lowest BCUT2D eigenvalue weighted by atomic mass is 9.96. The Labute approximate surface area is 115 Å². The molecule has 0 aromatic heterocycles. The number of hydrogen-bond donors (Lipinski definition) is 1. The van der Waals surface area contributed by atoms with Crippen molar-refractivity contribution in [3.63, 3.8) is 0 Å². The average molecular weight is 264 g/mol. The van der Waals surface area contributed by atoms with E-state index in [9.17, 15) is 4.39 Å². The lowest BCUT2D eigenvalue weighted by Gasteiger charge is -2.35. The molecular weight excluding hydrogens is 239 g/mol. The van der Waals surface area contributed by atoms with Crippen LogP contribution < -0.4 is 5.73 Å². The summed E-state index contributed by atoms with van der Waals surface area (Å²) >= 11 is 0. The van der Waals surface area contributed by atoms with Crippen LogP contribution in [-0.2, 0) is 0 Å². The Bertz CT molecular complexity index is 386. The highest BCUT2D eigenvalue weighted by Crippen LogP contribution is 2.28. The standard InChI is InChI=1S/C16H25FN2/c1-2-15(18)16(13-8-7-9-14(17)12-13)19-10-5-3-4-6-11-19/h7-9,12,15-16H,2-6,10-11,18H2,1H3. The Morgan fingerprint density at radius 2 is 1.89 bits per heavy atom. The molecule has 2 unspecified atom stereocenters. The quantitative estimate of drug-likeness (QED) is 0.902. The first-order chi connectivity index (χ1) is 9.22. The minimum atomic E-state index is -0.166. The van der Waals surface area contributed by atoms with E-state index in [1.54, 1.807) is 12.1 Å². The molecule has 1 fully saturated rings. The zero-order valence-corrected chi connectivity index (χ0v) is 11.8. The van der Waals surface area contributed by atoms with Gasteiger partial charge < -0.3 is 5.73 Å². The third-order valence-corrected chi connectivity index (χ3v) is 4.10. The summed E-state index contributed by atoms with van der Waals surface area (Å²) in [5, 5.41) is 0. The molecule has 0 bridgehead atoms. The topological polar surface area (TPSA) is 29.3 Å². The van der Waals surface area contributed by atoms with E-state index in [0.29, 0.717) is 0 Å². The predicted octanol–water partition coefficient (Wildman–Crippen LogP) is 3.48. The molecule has 1 heterocycles. The van der Waals surface area contributed by atoms with Gasteiger partial charge in [-0.15, -0.1) is 0 Å². The predicted molar refractivity (Wildman–Crippen MR) is 77.4 cm³/mol. The molecule has 0 amide bonds. The van der Waals surface area contributed by atoms with Crippen molar-refractivity contribution in [3.8, 4) is 0 Å². The summed E-state index contributed by atoms with van der Waals surface area (Å²) < 4.78 is 13.5. The first-order valence-corrected chi connectivity index (χ1v) is 7.47. The van der Waals surface area contributed by atoms with Crippen molar-refractivity contribution in [2.75, 3.05) is 13.1 Å². The summed E-state index contributed by atoms with van der Waals surface area (Å²) in [7, 11) is 0. The van der Waals surface area contributed by atoms with Gasteiger partial charge in [-0.2, -0.15) is 0 Å². The van der Waals surface area contributed by atoms with Gasteiger partial charge in [-0.05, 0) is 50.0 Å². The van der Waals surface area contributed by atoms with Gasteiger partial charge in [-0.1, -0.05) is 31.9 Å². The summed E-state index contributed by atoms with van der Waals surface area (Å²) in [5.74, 6) is -0.166. The maximum Gasteiger partial charge on any atom is 0.123 e. The van der Waals surface area contributed by atoms with E-state index in [0.717, 1.165) is 25.1 Å². The van der Waals surface area contributed by atoms with Gasteiger partial charge in [0.25, 0.3) is 0 Å². The Kier molecular flexibility index (Phi) is 5.34. The summed E-state index contributed by atoms with van der Waals surface area (Å²) in [5.41, 5.74) is 7.34. The zero-order valence-electron chi connectivity index (χ0n) is 11.8. The fourth-order valence-corrected chi connectivity index (χ4v) is 3.02. The highest BCUT2D eigenvalue weighted by atomic mass is 19.1. The van der Waals surface area contributed by atoms with Gasteiger partial charge in [-0.3, -0.25) is 4.90 Å². The Morgan fingerprint density at radius 3 is 2.47 bits per heavy atom. The van der Waals surface area contributed by atoms with Crippen molar-refractivity contribution in [1.82, 2.24) is 4.90 Å². The molecule has 3 heteroatoms. The minimum absolute atomic E-state index is 0.0694. The number of hydrogen-bond acceptors (Lipinski definition) is 2. The normalized spacial score (nSPS) is 20.8. The maximum absolute atomic E-state index is 13.5. The van der Waals surface area contributed by atoms with Crippen LogP contribution in [0.5, 0.6) is 0 Å². The van der Waals surface area contributed by atoms with Crippen LogP contribution in [0.25, 0.3) is 0 Å². The van der Waals surface area contributed by atoms with Gasteiger partial charge in [0.2, 0.25) is 0 Å². The van der Waals surface area contributed by atoms with Crippen LogP contribution in [0.2, 0.25) is 0 Å². The molecule has 0 saturated carbocycles. The molecule has 0 spiro atoms. The molecule has 2 rings (SSSR count). The molecule has 106 valence electrons. The van der Waals surface area contributed by atoms with Crippen LogP contribution in [0.15, 0.2) is 24.3 Å². The number of nitrogens with two attached hydrogens (primary N) is 1. The van der Waals surface area contributed by atoms with Crippen LogP contribution in [-0.4, -0.2) is 24.0 Å². The summed E-state index contributed by atoms with van der Waals surface area (Å²) in [4.78, 5) is 2.45. The van der Waals surface area contributed by atoms with Crippen LogP contribution >= 0.6 is 0 Å². The maximum atomic E-state index is 13.5. The number of rotatable bonds is 4. The van der Waals surface area contributed by atoms with Crippen LogP contribution in [0.4, 0.5) is 4.39 Å². The molecule has 19 heavy (non-hydrogen) atoms. The van der Waals surface area contributed by atoms with E-state index in [1.165, 1.54) is 31.7 Å². The molecule has 1 aliphatic rings. The third kappa shape index (κ3) is 3.77. The summed E-state index contributed by atoms with van der Waals surface area (Å²) in [6, 6.07) is 7.16. The minimum Gasteiger partial charge on any atom is -0.326 e. The molecule has 2 N–H and O–H groups in total. The van der Waals surface area contributed by atoms with E-state index in [1.807, 2.05) is 6.07 Å². The number of nitrogens with zero attached hydrogens (tertiary/aromatic N) is 1. The van der Waals surface area contributed by atoms with Crippen LogP contribution in [0, 0.1) is 5.82 Å². The molecule has 2 atom stereocenters. The second-order valence-corrected chi connectivity index (χ2v) is 5.52. The van der Waals surface area contributed by atoms with Crippen LogP contribution in [0.3, 0.4) is 0 Å². The van der Waals surface area contributed by atoms with Crippen molar-refractivity contribution < 1.29 is 4.39 Å². The first kappa shape index (κ1) is 14.5. The monoisotopic (exact) mass is 264 g/mol. The smallest absolute Gasteiger partial charge is 0.123 e. The highest BCUT2D eigenvalue weighted by Gasteiger charge is 2.26. The van der Waals surface area contributed by atoms with Gasteiger partial charge in [-0.25, -0.2) is 4.39 Å². The fourth-order valence-electron chi connectivity index (χ4n) is 3.02. The SMILES string of the molecule is CCC(N)C(c1cccc(F)c1)N1CCCCCC1. The number of halogens is 1. The lowest BCUT2D eigenvalue weighted by Crippen LogP contribution is -2.41. The van der Waals surface area contributed by atoms with Crippen molar-refractivity contribution in [1.29, 1.82) is 0 Å². The average Bonchev–Trinajstić information content (AvgIpc) is 2.68. The van der Waals surface area contributed by atoms with Crippen molar-refractivity contribution in [3.05, 3.63) is 35.6 Å². The van der Waals surface area contributed by atoms with E-state index < -0.39 is 0 Å². The zero-order chi connectivity index (χ0) is 13.7. The van der Waals surface area contributed by atoms with Gasteiger partial charge in [0.15, 0.2) is 0 Å². The molecule has 1 saturated heterocycles. The molecular formula is C16H25FN2. The Balaban J connectivity index is 2.24. The summed E-state index contributed by atoms with van der Waals surface area (Å²) in [6.07, 6.45) is 5.96. The summed E-state index contributed by atoms with van der Waals surface area (Å²) in [6.45, 7) is 4.26. The molecule has 0 aliphatic carbocycles. The third-order valence-electron chi connectivity index (χ3n) is 4.10. The van der Waals surface area contributed by atoms with Crippen LogP contribution in [0.1, 0.15) is 50.6 Å². The number of benzene rings is 1. The van der Waals surface area contributed by atoms with E-state index in [-0.39, 0.29) is 17.9 Å². The highest BCUT2D eigenvalue weighted by molar-refractivity contribution is 5.22. The van der Waals surface area contributed by atoms with Gasteiger partial charge >= 0.3 is 0 Å². The molecule has 2 nitrogen and oxygen atoms in total. The first-order valence-electron chi connectivity index (χ1n) is 7.47. The van der Waals surface area contributed by atoms with Crippen molar-refractivity contribution in [2.24, 2.45) is 5.73 Å². The Hall–Kier alpha value is -0.930. The van der Waals surface area contributed by atoms with Gasteiger partial charge in [0, 0.05) is 12.1 Å². The largest absolute Gasteiger partial charge is 0.326 e. The Morgan fingerprint density at radius 1 is 1.21 bits per heavy atom. The van der Waals surface area contributed by atoms with E-state index in [2.05, 4.69) is 11.8 Å². The van der Waals surface area contributed by atoms with Gasteiger partial charge in [0.05, 0.1) is 0 Å². The van der Waals surface area contributed by atoms with E-state index >= 15 is 0 Å². The van der Waals surface area contributed by atoms with Crippen molar-refractivity contribution in [2.45, 2.75) is 51.1 Å². The lowest BCUT2D eigenvalue weighted by molar-refractivity contribution is 0.175. The van der Waals surface area contributed by atoms with Gasteiger partial charge in [0.1, 0.15) is 5.82 Å². The number of likely N-dealkylation sites (tertiary alicyclic amines) is 1. The van der Waals surface area contributed by atoms with E-state index in [4.69, 9.17) is 5.73 Å². The van der Waals surface area contributed by atoms with Crippen molar-refractivity contribution >= 4 is 0 Å². The fraction of sp³-hybridized carbons (Fsp3) is 0.625. The second-order valence-electron chi connectivity index (χ2n) is 5.52. The molecule has 1 aromatic carbocycles. The molecule has 1 aromatic rings.